The summed E-state index contributed by atoms with van der Waals surface area (Å²) < 4.78 is 0. The van der Waals surface area contributed by atoms with Crippen molar-refractivity contribution in [3.63, 3.8) is 0 Å². The molecule has 0 aliphatic heterocycles. The summed E-state index contributed by atoms with van der Waals surface area (Å²) in [6.07, 6.45) is 4.19. The lowest BCUT2D eigenvalue weighted by Crippen LogP contribution is -2.41. The van der Waals surface area contributed by atoms with Gasteiger partial charge in [0.15, 0.2) is 5.78 Å². The lowest BCUT2D eigenvalue weighted by Gasteiger charge is -2.21. The molecule has 0 radical (unpaired) electrons. The number of amides is 1. The molecule has 1 amide bonds. The molecular formula is C22H29NO3. The third kappa shape index (κ3) is 4.48. The fraction of sp³-hybridized carbons (Fsp3) is 0.500. The second-order valence-electron chi connectivity index (χ2n) is 8.27. The molecule has 1 aromatic carbocycles. The van der Waals surface area contributed by atoms with Crippen LogP contribution in [-0.4, -0.2) is 23.0 Å². The maximum absolute atomic E-state index is 12.9. The van der Waals surface area contributed by atoms with Crippen LogP contribution in [0.3, 0.4) is 0 Å². The van der Waals surface area contributed by atoms with Crippen molar-refractivity contribution in [3.05, 3.63) is 40.5 Å². The lowest BCUT2D eigenvalue weighted by molar-refractivity contribution is -0.129. The van der Waals surface area contributed by atoms with Crippen LogP contribution < -0.4 is 5.32 Å². The molecule has 0 heterocycles. The zero-order valence-corrected chi connectivity index (χ0v) is 16.6. The second kappa shape index (κ2) is 7.56. The molecule has 2 unspecified atom stereocenters. The van der Waals surface area contributed by atoms with Crippen LogP contribution in [0.2, 0.25) is 0 Å². The van der Waals surface area contributed by atoms with Crippen molar-refractivity contribution in [1.29, 1.82) is 0 Å². The number of nitrogens with one attached hydrogen (secondary N) is 1. The number of allylic oxidation sites excluding steroid dienone is 1. The van der Waals surface area contributed by atoms with Crippen LogP contribution in [0.1, 0.15) is 68.7 Å². The van der Waals surface area contributed by atoms with Crippen molar-refractivity contribution in [1.82, 2.24) is 5.32 Å². The van der Waals surface area contributed by atoms with E-state index in [4.69, 9.17) is 0 Å². The van der Waals surface area contributed by atoms with Crippen LogP contribution in [-0.2, 0) is 14.4 Å². The van der Waals surface area contributed by atoms with E-state index < -0.39 is 11.8 Å². The Morgan fingerprint density at radius 3 is 2.27 bits per heavy atom. The smallest absolute Gasteiger partial charge is 0.221 e. The number of rotatable bonds is 4. The van der Waals surface area contributed by atoms with E-state index in [-0.39, 0.29) is 35.9 Å². The molecule has 1 N–H and O–H groups in total. The monoisotopic (exact) mass is 355 g/mol. The molecule has 4 nitrogen and oxygen atoms in total. The first-order chi connectivity index (χ1) is 12.0. The summed E-state index contributed by atoms with van der Waals surface area (Å²) in [5, 5.41) is 2.87. The molecule has 1 fully saturated rings. The Morgan fingerprint density at radius 2 is 1.77 bits per heavy atom. The maximum Gasteiger partial charge on any atom is 0.221 e. The van der Waals surface area contributed by atoms with Gasteiger partial charge in [0.2, 0.25) is 5.91 Å². The first-order valence-corrected chi connectivity index (χ1v) is 9.14. The number of hydrogen-bond acceptors (Lipinski definition) is 3. The number of ketones is 2. The highest BCUT2D eigenvalue weighted by Crippen LogP contribution is 2.37. The fourth-order valence-electron chi connectivity index (χ4n) is 3.78. The SMILES string of the molecule is C/C=C/c1cc(C)c(C2C(=O)CC(CC(=O)NC(C)(C)C)C2=O)c(C)c1. The van der Waals surface area contributed by atoms with E-state index in [1.165, 1.54) is 0 Å². The van der Waals surface area contributed by atoms with Gasteiger partial charge in [-0.1, -0.05) is 24.3 Å². The molecule has 2 atom stereocenters. The predicted octanol–water partition coefficient (Wildman–Crippen LogP) is 3.88. The van der Waals surface area contributed by atoms with E-state index in [1.807, 2.05) is 65.8 Å². The molecule has 0 saturated heterocycles. The van der Waals surface area contributed by atoms with Crippen LogP contribution in [0, 0.1) is 19.8 Å². The largest absolute Gasteiger partial charge is 0.351 e. The molecule has 0 spiro atoms. The van der Waals surface area contributed by atoms with Gasteiger partial charge in [0, 0.05) is 24.3 Å². The number of carbonyl (C=O) groups excluding carboxylic acids is 3. The van der Waals surface area contributed by atoms with Gasteiger partial charge in [-0.05, 0) is 63.8 Å². The minimum Gasteiger partial charge on any atom is -0.351 e. The van der Waals surface area contributed by atoms with Crippen molar-refractivity contribution >= 4 is 23.5 Å². The Morgan fingerprint density at radius 1 is 1.19 bits per heavy atom. The molecule has 140 valence electrons. The molecule has 1 aliphatic rings. The van der Waals surface area contributed by atoms with Crippen molar-refractivity contribution in [2.24, 2.45) is 5.92 Å². The Labute approximate surface area is 156 Å². The van der Waals surface area contributed by atoms with Crippen molar-refractivity contribution in [3.8, 4) is 0 Å². The van der Waals surface area contributed by atoms with Gasteiger partial charge in [-0.25, -0.2) is 0 Å². The highest BCUT2D eigenvalue weighted by molar-refractivity contribution is 6.15. The summed E-state index contributed by atoms with van der Waals surface area (Å²) in [6.45, 7) is 11.5. The standard InChI is InChI=1S/C22H29NO3/c1-7-8-15-9-13(2)19(14(3)10-15)20-17(24)11-16(21(20)26)12-18(25)23-22(4,5)6/h7-10,16,20H,11-12H2,1-6H3,(H,23,25)/b8-7+. The molecule has 2 rings (SSSR count). The average molecular weight is 355 g/mol. The predicted molar refractivity (Wildman–Crippen MR) is 104 cm³/mol. The maximum atomic E-state index is 12.9. The van der Waals surface area contributed by atoms with Gasteiger partial charge in [0.25, 0.3) is 0 Å². The van der Waals surface area contributed by atoms with E-state index >= 15 is 0 Å². The highest BCUT2D eigenvalue weighted by atomic mass is 16.2. The summed E-state index contributed by atoms with van der Waals surface area (Å²) in [7, 11) is 0. The second-order valence-corrected chi connectivity index (χ2v) is 8.27. The minimum absolute atomic E-state index is 0.0754. The number of carbonyl (C=O) groups is 3. The number of benzene rings is 1. The van der Waals surface area contributed by atoms with E-state index in [1.54, 1.807) is 0 Å². The summed E-state index contributed by atoms with van der Waals surface area (Å²) in [5.41, 5.74) is 3.42. The van der Waals surface area contributed by atoms with Crippen molar-refractivity contribution < 1.29 is 14.4 Å². The Bertz CT molecular complexity index is 745. The van der Waals surface area contributed by atoms with Crippen molar-refractivity contribution in [2.45, 2.75) is 65.8 Å². The van der Waals surface area contributed by atoms with Gasteiger partial charge in [-0.2, -0.15) is 0 Å². The van der Waals surface area contributed by atoms with Gasteiger partial charge in [0.1, 0.15) is 11.7 Å². The number of hydrogen-bond donors (Lipinski definition) is 1. The van der Waals surface area contributed by atoms with Crippen LogP contribution in [0.5, 0.6) is 0 Å². The van der Waals surface area contributed by atoms with Crippen LogP contribution in [0.15, 0.2) is 18.2 Å². The quantitative estimate of drug-likeness (QED) is 0.834. The summed E-state index contributed by atoms with van der Waals surface area (Å²) in [6, 6.07) is 4.01. The molecular weight excluding hydrogens is 326 g/mol. The van der Waals surface area contributed by atoms with Gasteiger partial charge < -0.3 is 5.32 Å². The minimum atomic E-state index is -0.734. The Kier molecular flexibility index (Phi) is 5.84. The average Bonchev–Trinajstić information content (AvgIpc) is 2.72. The first kappa shape index (κ1) is 20.1. The van der Waals surface area contributed by atoms with Gasteiger partial charge in [0.05, 0.1) is 0 Å². The normalized spacial score (nSPS) is 20.8. The fourth-order valence-corrected chi connectivity index (χ4v) is 3.78. The molecule has 26 heavy (non-hydrogen) atoms. The van der Waals surface area contributed by atoms with E-state index in [2.05, 4.69) is 5.32 Å². The molecule has 1 aliphatic carbocycles. The first-order valence-electron chi connectivity index (χ1n) is 9.14. The Balaban J connectivity index is 2.26. The molecule has 1 aromatic rings. The molecule has 1 saturated carbocycles. The molecule has 0 aromatic heterocycles. The Hall–Kier alpha value is -2.23. The van der Waals surface area contributed by atoms with E-state index in [0.29, 0.717) is 0 Å². The zero-order chi connectivity index (χ0) is 19.6. The van der Waals surface area contributed by atoms with Crippen molar-refractivity contribution in [2.75, 3.05) is 0 Å². The van der Waals surface area contributed by atoms with Gasteiger partial charge >= 0.3 is 0 Å². The summed E-state index contributed by atoms with van der Waals surface area (Å²) in [4.78, 5) is 37.7. The van der Waals surface area contributed by atoms with Crippen LogP contribution >= 0.6 is 0 Å². The number of Topliss-reactive ketones (excluding diaryl/α,β-unsaturated/α-hetero) is 2. The van der Waals surface area contributed by atoms with E-state index in [9.17, 15) is 14.4 Å². The third-order valence-electron chi connectivity index (χ3n) is 4.67. The highest BCUT2D eigenvalue weighted by Gasteiger charge is 2.44. The van der Waals surface area contributed by atoms with Gasteiger partial charge in [-0.3, -0.25) is 14.4 Å². The zero-order valence-electron chi connectivity index (χ0n) is 16.6. The van der Waals surface area contributed by atoms with Crippen LogP contribution in [0.4, 0.5) is 0 Å². The number of aryl methyl sites for hydroxylation is 2. The topological polar surface area (TPSA) is 63.2 Å². The van der Waals surface area contributed by atoms with Gasteiger partial charge in [-0.15, -0.1) is 0 Å². The third-order valence-corrected chi connectivity index (χ3v) is 4.67. The lowest BCUT2D eigenvalue weighted by atomic mass is 9.86. The van der Waals surface area contributed by atoms with Crippen LogP contribution in [0.25, 0.3) is 6.08 Å². The summed E-state index contributed by atoms with van der Waals surface area (Å²) >= 11 is 0. The molecule has 4 heteroatoms. The summed E-state index contributed by atoms with van der Waals surface area (Å²) in [5.74, 6) is -1.63. The molecule has 0 bridgehead atoms. The van der Waals surface area contributed by atoms with E-state index in [0.717, 1.165) is 22.3 Å².